The van der Waals surface area contributed by atoms with Crippen LogP contribution >= 0.6 is 0 Å². The topological polar surface area (TPSA) is 75.4 Å². The zero-order valence-electron chi connectivity index (χ0n) is 11.6. The summed E-state index contributed by atoms with van der Waals surface area (Å²) in [4.78, 5) is 24.7. The molecule has 0 aliphatic rings. The van der Waals surface area contributed by atoms with Crippen molar-refractivity contribution in [3.8, 4) is 0 Å². The van der Waals surface area contributed by atoms with E-state index in [1.165, 1.54) is 30.0 Å². The predicted octanol–water partition coefficient (Wildman–Crippen LogP) is 2.11. The summed E-state index contributed by atoms with van der Waals surface area (Å²) < 4.78 is 17.9. The lowest BCUT2D eigenvalue weighted by atomic mass is 10.3. The average Bonchev–Trinajstić information content (AvgIpc) is 2.82. The van der Waals surface area contributed by atoms with Crippen LogP contribution < -0.4 is 10.2 Å². The molecule has 21 heavy (non-hydrogen) atoms. The van der Waals surface area contributed by atoms with Crippen molar-refractivity contribution in [2.45, 2.75) is 13.8 Å². The Balaban J connectivity index is 2.07. The predicted molar refractivity (Wildman–Crippen MR) is 74.3 cm³/mol. The van der Waals surface area contributed by atoms with Crippen molar-refractivity contribution >= 4 is 23.3 Å². The minimum absolute atomic E-state index is 0.238. The molecule has 0 saturated carbocycles. The van der Waals surface area contributed by atoms with Gasteiger partial charge < -0.3 is 9.84 Å². The molecule has 2 rings (SSSR count). The van der Waals surface area contributed by atoms with Gasteiger partial charge in [0.1, 0.15) is 18.1 Å². The van der Waals surface area contributed by atoms with E-state index >= 15 is 0 Å². The van der Waals surface area contributed by atoms with Gasteiger partial charge in [0.05, 0.1) is 0 Å². The van der Waals surface area contributed by atoms with E-state index < -0.39 is 11.7 Å². The molecule has 0 aliphatic carbocycles. The fraction of sp³-hybridized carbons (Fsp3) is 0.214. The summed E-state index contributed by atoms with van der Waals surface area (Å²) in [5.74, 6) is -0.478. The molecule has 0 atom stereocenters. The number of aromatic nitrogens is 1. The van der Waals surface area contributed by atoms with Crippen LogP contribution in [0.2, 0.25) is 0 Å². The second-order valence-electron chi connectivity index (χ2n) is 4.46. The van der Waals surface area contributed by atoms with Gasteiger partial charge in [-0.05, 0) is 25.1 Å². The molecular formula is C14H14FN3O3. The number of nitrogens with one attached hydrogen (secondary N) is 1. The van der Waals surface area contributed by atoms with Crippen LogP contribution in [-0.2, 0) is 9.59 Å². The quantitative estimate of drug-likeness (QED) is 0.936. The Labute approximate surface area is 120 Å². The van der Waals surface area contributed by atoms with Gasteiger partial charge in [-0.2, -0.15) is 0 Å². The molecule has 110 valence electrons. The Morgan fingerprint density at radius 3 is 2.71 bits per heavy atom. The van der Waals surface area contributed by atoms with Crippen LogP contribution in [0.1, 0.15) is 12.7 Å². The lowest BCUT2D eigenvalue weighted by molar-refractivity contribution is -0.120. The van der Waals surface area contributed by atoms with Crippen LogP contribution in [0, 0.1) is 12.7 Å². The van der Waals surface area contributed by atoms with Crippen LogP contribution in [0.25, 0.3) is 0 Å². The Morgan fingerprint density at radius 2 is 2.14 bits per heavy atom. The molecule has 0 bridgehead atoms. The number of anilines is 2. The summed E-state index contributed by atoms with van der Waals surface area (Å²) in [6, 6.07) is 7.05. The maximum absolute atomic E-state index is 13.0. The molecule has 0 aliphatic heterocycles. The minimum Gasteiger partial charge on any atom is -0.360 e. The second-order valence-corrected chi connectivity index (χ2v) is 4.46. The molecule has 0 saturated heterocycles. The summed E-state index contributed by atoms with van der Waals surface area (Å²) in [5.41, 5.74) is 0.319. The first-order chi connectivity index (χ1) is 9.95. The van der Waals surface area contributed by atoms with Crippen molar-refractivity contribution < 1.29 is 18.5 Å². The lowest BCUT2D eigenvalue weighted by Crippen LogP contribution is -2.36. The molecule has 0 fully saturated rings. The van der Waals surface area contributed by atoms with Gasteiger partial charge in [0, 0.05) is 18.7 Å². The molecule has 0 radical (unpaired) electrons. The second kappa shape index (κ2) is 6.17. The third-order valence-corrected chi connectivity index (χ3v) is 2.68. The SMILES string of the molecule is CC(=O)N(CC(=O)Nc1cccc(F)c1)c1cc(C)on1. The average molecular weight is 291 g/mol. The van der Waals surface area contributed by atoms with E-state index in [0.29, 0.717) is 11.4 Å². The summed E-state index contributed by atoms with van der Waals surface area (Å²) in [7, 11) is 0. The maximum atomic E-state index is 13.0. The monoisotopic (exact) mass is 291 g/mol. The fourth-order valence-electron chi connectivity index (χ4n) is 1.74. The van der Waals surface area contributed by atoms with Gasteiger partial charge in [0.2, 0.25) is 11.8 Å². The molecule has 1 N–H and O–H groups in total. The van der Waals surface area contributed by atoms with Crippen molar-refractivity contribution in [2.75, 3.05) is 16.8 Å². The zero-order valence-corrected chi connectivity index (χ0v) is 11.6. The number of aryl methyl sites for hydroxylation is 1. The lowest BCUT2D eigenvalue weighted by Gasteiger charge is -2.17. The van der Waals surface area contributed by atoms with E-state index in [9.17, 15) is 14.0 Å². The normalized spacial score (nSPS) is 10.2. The van der Waals surface area contributed by atoms with Gasteiger partial charge in [-0.3, -0.25) is 14.5 Å². The largest absolute Gasteiger partial charge is 0.360 e. The number of hydrogen-bond acceptors (Lipinski definition) is 4. The zero-order chi connectivity index (χ0) is 15.4. The van der Waals surface area contributed by atoms with Crippen molar-refractivity contribution in [1.29, 1.82) is 0 Å². The number of carbonyl (C=O) groups is 2. The molecule has 2 aromatic rings. The van der Waals surface area contributed by atoms with Crippen molar-refractivity contribution in [2.24, 2.45) is 0 Å². The number of hydrogen-bond donors (Lipinski definition) is 1. The molecule has 0 unspecified atom stereocenters. The van der Waals surface area contributed by atoms with Gasteiger partial charge >= 0.3 is 0 Å². The summed E-state index contributed by atoms with van der Waals surface area (Å²) in [6.07, 6.45) is 0. The van der Waals surface area contributed by atoms with Crippen molar-refractivity contribution in [1.82, 2.24) is 5.16 Å². The van der Waals surface area contributed by atoms with Crippen molar-refractivity contribution in [3.05, 3.63) is 41.9 Å². The standard InChI is InChI=1S/C14H14FN3O3/c1-9-6-13(17-21-9)18(10(2)19)8-14(20)16-12-5-3-4-11(15)7-12/h3-7H,8H2,1-2H3,(H,16,20). The smallest absolute Gasteiger partial charge is 0.244 e. The number of carbonyl (C=O) groups excluding carboxylic acids is 2. The first-order valence-electron chi connectivity index (χ1n) is 6.22. The van der Waals surface area contributed by atoms with E-state index in [2.05, 4.69) is 10.5 Å². The number of nitrogens with zero attached hydrogens (tertiary/aromatic N) is 2. The molecule has 7 heteroatoms. The van der Waals surface area contributed by atoms with E-state index in [1.54, 1.807) is 19.1 Å². The van der Waals surface area contributed by atoms with Gasteiger partial charge in [0.15, 0.2) is 5.82 Å². The minimum atomic E-state index is -0.462. The number of amides is 2. The molecule has 6 nitrogen and oxygen atoms in total. The number of halogens is 1. The van der Waals surface area contributed by atoms with Crippen LogP contribution in [0.5, 0.6) is 0 Å². The third kappa shape index (κ3) is 3.88. The third-order valence-electron chi connectivity index (χ3n) is 2.68. The molecule has 1 aromatic heterocycles. The van der Waals surface area contributed by atoms with E-state index in [-0.39, 0.29) is 18.3 Å². The maximum Gasteiger partial charge on any atom is 0.244 e. The van der Waals surface area contributed by atoms with E-state index in [4.69, 9.17) is 4.52 Å². The fourth-order valence-corrected chi connectivity index (χ4v) is 1.74. The van der Waals surface area contributed by atoms with Crippen LogP contribution in [-0.4, -0.2) is 23.5 Å². The molecular weight excluding hydrogens is 277 g/mol. The molecule has 0 spiro atoms. The molecule has 1 aromatic carbocycles. The van der Waals surface area contributed by atoms with Gasteiger partial charge in [-0.15, -0.1) is 0 Å². The number of rotatable bonds is 4. The Kier molecular flexibility index (Phi) is 4.32. The van der Waals surface area contributed by atoms with Crippen LogP contribution in [0.3, 0.4) is 0 Å². The van der Waals surface area contributed by atoms with Crippen LogP contribution in [0.15, 0.2) is 34.9 Å². The first-order valence-corrected chi connectivity index (χ1v) is 6.22. The van der Waals surface area contributed by atoms with Gasteiger partial charge in [-0.25, -0.2) is 4.39 Å². The Bertz CT molecular complexity index is 669. The van der Waals surface area contributed by atoms with Crippen LogP contribution in [0.4, 0.5) is 15.9 Å². The first kappa shape index (κ1) is 14.7. The van der Waals surface area contributed by atoms with Crippen molar-refractivity contribution in [3.63, 3.8) is 0 Å². The summed E-state index contributed by atoms with van der Waals surface area (Å²) in [6.45, 7) is 2.76. The summed E-state index contributed by atoms with van der Waals surface area (Å²) >= 11 is 0. The highest BCUT2D eigenvalue weighted by Gasteiger charge is 2.19. The Hall–Kier alpha value is -2.70. The van der Waals surface area contributed by atoms with Gasteiger partial charge in [-0.1, -0.05) is 11.2 Å². The molecule has 1 heterocycles. The van der Waals surface area contributed by atoms with E-state index in [0.717, 1.165) is 0 Å². The highest BCUT2D eigenvalue weighted by molar-refractivity contribution is 6.01. The molecule has 2 amide bonds. The number of benzene rings is 1. The highest BCUT2D eigenvalue weighted by atomic mass is 19.1. The van der Waals surface area contributed by atoms with Gasteiger partial charge in [0.25, 0.3) is 0 Å². The Morgan fingerprint density at radius 1 is 1.38 bits per heavy atom. The highest BCUT2D eigenvalue weighted by Crippen LogP contribution is 2.14. The summed E-state index contributed by atoms with van der Waals surface area (Å²) in [5, 5.41) is 6.22. The van der Waals surface area contributed by atoms with E-state index in [1.807, 2.05) is 0 Å².